The number of unbranched alkanes of at least 4 members (excludes halogenated alkanes) is 1. The molecule has 0 heterocycles. The molecule has 2 unspecified atom stereocenters. The van der Waals surface area contributed by atoms with E-state index in [0.29, 0.717) is 11.5 Å². The fourth-order valence-corrected chi connectivity index (χ4v) is 3.25. The molecule has 0 bridgehead atoms. The Morgan fingerprint density at radius 2 is 2.06 bits per heavy atom. The summed E-state index contributed by atoms with van der Waals surface area (Å²) in [6.07, 6.45) is 13.0. The molecule has 0 amide bonds. The Balaban J connectivity index is 2.48. The minimum Gasteiger partial charge on any atom is -0.314 e. The van der Waals surface area contributed by atoms with Crippen LogP contribution in [-0.4, -0.2) is 12.6 Å². The van der Waals surface area contributed by atoms with Gasteiger partial charge < -0.3 is 5.32 Å². The van der Waals surface area contributed by atoms with Gasteiger partial charge in [0.15, 0.2) is 0 Å². The zero-order valence-corrected chi connectivity index (χ0v) is 12.8. The SMILES string of the molecule is C#CCCCC1CC(C)(C)CCC1CNC(C)C. The summed E-state index contributed by atoms with van der Waals surface area (Å²) < 4.78 is 0. The minimum absolute atomic E-state index is 0.537. The van der Waals surface area contributed by atoms with Crippen LogP contribution in [0.4, 0.5) is 0 Å². The molecule has 0 spiro atoms. The van der Waals surface area contributed by atoms with Crippen LogP contribution < -0.4 is 5.32 Å². The van der Waals surface area contributed by atoms with Crippen molar-refractivity contribution in [1.82, 2.24) is 5.32 Å². The predicted octanol–water partition coefficient (Wildman–Crippen LogP) is 4.23. The molecule has 1 aliphatic carbocycles. The second-order valence-electron chi connectivity index (χ2n) is 7.09. The zero-order chi connectivity index (χ0) is 13.6. The van der Waals surface area contributed by atoms with Crippen LogP contribution in [0.15, 0.2) is 0 Å². The molecule has 0 aromatic heterocycles. The zero-order valence-electron chi connectivity index (χ0n) is 12.8. The van der Waals surface area contributed by atoms with E-state index in [2.05, 4.69) is 38.9 Å². The van der Waals surface area contributed by atoms with E-state index in [9.17, 15) is 0 Å². The van der Waals surface area contributed by atoms with Crippen molar-refractivity contribution in [2.24, 2.45) is 17.3 Å². The molecule has 0 aromatic rings. The Labute approximate surface area is 114 Å². The normalized spacial score (nSPS) is 27.1. The van der Waals surface area contributed by atoms with E-state index in [0.717, 1.165) is 18.3 Å². The Hall–Kier alpha value is -0.480. The molecular weight excluding hydrogens is 218 g/mol. The molecule has 18 heavy (non-hydrogen) atoms. The maximum Gasteiger partial charge on any atom is 0.00861 e. The van der Waals surface area contributed by atoms with Crippen molar-refractivity contribution in [3.8, 4) is 12.3 Å². The van der Waals surface area contributed by atoms with Gasteiger partial charge in [-0.05, 0) is 55.9 Å². The Bertz CT molecular complexity index is 270. The summed E-state index contributed by atoms with van der Waals surface area (Å²) >= 11 is 0. The first kappa shape index (κ1) is 15.6. The van der Waals surface area contributed by atoms with Crippen molar-refractivity contribution in [1.29, 1.82) is 0 Å². The van der Waals surface area contributed by atoms with E-state index >= 15 is 0 Å². The van der Waals surface area contributed by atoms with Crippen LogP contribution in [-0.2, 0) is 0 Å². The van der Waals surface area contributed by atoms with Crippen molar-refractivity contribution in [3.63, 3.8) is 0 Å². The van der Waals surface area contributed by atoms with Crippen LogP contribution in [0.25, 0.3) is 0 Å². The first-order chi connectivity index (χ1) is 8.44. The average molecular weight is 249 g/mol. The maximum absolute atomic E-state index is 5.37. The fourth-order valence-electron chi connectivity index (χ4n) is 3.25. The summed E-state index contributed by atoms with van der Waals surface area (Å²) in [6.45, 7) is 10.5. The van der Waals surface area contributed by atoms with Crippen LogP contribution >= 0.6 is 0 Å². The summed E-state index contributed by atoms with van der Waals surface area (Å²) in [5.41, 5.74) is 0.537. The number of terminal acetylenes is 1. The first-order valence-corrected chi connectivity index (χ1v) is 7.61. The third kappa shape index (κ3) is 5.44. The number of nitrogens with one attached hydrogen (secondary N) is 1. The van der Waals surface area contributed by atoms with Crippen LogP contribution in [0, 0.1) is 29.6 Å². The molecule has 0 aliphatic heterocycles. The van der Waals surface area contributed by atoms with Crippen LogP contribution in [0.3, 0.4) is 0 Å². The molecule has 1 nitrogen and oxygen atoms in total. The molecule has 0 aromatic carbocycles. The Kier molecular flexibility index (Phi) is 6.22. The van der Waals surface area contributed by atoms with Crippen molar-refractivity contribution in [2.45, 2.75) is 72.3 Å². The van der Waals surface area contributed by atoms with E-state index in [1.54, 1.807) is 0 Å². The largest absolute Gasteiger partial charge is 0.314 e. The molecule has 1 fully saturated rings. The average Bonchev–Trinajstić information content (AvgIpc) is 2.27. The van der Waals surface area contributed by atoms with Gasteiger partial charge in [-0.3, -0.25) is 0 Å². The van der Waals surface area contributed by atoms with E-state index in [1.165, 1.54) is 38.6 Å². The highest BCUT2D eigenvalue weighted by Gasteiger charge is 2.34. The van der Waals surface area contributed by atoms with E-state index < -0.39 is 0 Å². The maximum atomic E-state index is 5.37. The first-order valence-electron chi connectivity index (χ1n) is 7.61. The number of rotatable bonds is 6. The quantitative estimate of drug-likeness (QED) is 0.549. The lowest BCUT2D eigenvalue weighted by Gasteiger charge is -2.41. The third-order valence-electron chi connectivity index (χ3n) is 4.36. The second kappa shape index (κ2) is 7.19. The van der Waals surface area contributed by atoms with Gasteiger partial charge in [0, 0.05) is 12.5 Å². The van der Waals surface area contributed by atoms with Crippen LogP contribution in [0.1, 0.15) is 66.2 Å². The van der Waals surface area contributed by atoms with Crippen LogP contribution in [0.5, 0.6) is 0 Å². The van der Waals surface area contributed by atoms with Crippen molar-refractivity contribution in [2.75, 3.05) is 6.54 Å². The van der Waals surface area contributed by atoms with Gasteiger partial charge in [0.05, 0.1) is 0 Å². The molecule has 1 rings (SSSR count). The molecule has 1 aliphatic rings. The molecular formula is C17H31N. The lowest BCUT2D eigenvalue weighted by molar-refractivity contribution is 0.107. The van der Waals surface area contributed by atoms with E-state index in [4.69, 9.17) is 6.42 Å². The van der Waals surface area contributed by atoms with Gasteiger partial charge >= 0.3 is 0 Å². The molecule has 1 N–H and O–H groups in total. The standard InChI is InChI=1S/C17H31N/c1-6-7-8-9-15-12-17(4,5)11-10-16(15)13-18-14(2)3/h1,14-16,18H,7-13H2,2-5H3. The highest BCUT2D eigenvalue weighted by atomic mass is 14.9. The van der Waals surface area contributed by atoms with Crippen molar-refractivity contribution >= 4 is 0 Å². The minimum atomic E-state index is 0.537. The third-order valence-corrected chi connectivity index (χ3v) is 4.36. The topological polar surface area (TPSA) is 12.0 Å². The molecule has 0 radical (unpaired) electrons. The van der Waals surface area contributed by atoms with Gasteiger partial charge in [-0.2, -0.15) is 0 Å². The summed E-state index contributed by atoms with van der Waals surface area (Å²) in [5, 5.41) is 3.62. The number of hydrogen-bond donors (Lipinski definition) is 1. The molecule has 0 saturated heterocycles. The van der Waals surface area contributed by atoms with Gasteiger partial charge in [-0.15, -0.1) is 12.3 Å². The summed E-state index contributed by atoms with van der Waals surface area (Å²) in [5.74, 6) is 4.51. The Morgan fingerprint density at radius 3 is 2.67 bits per heavy atom. The lowest BCUT2D eigenvalue weighted by atomic mass is 9.66. The van der Waals surface area contributed by atoms with Crippen molar-refractivity contribution in [3.05, 3.63) is 0 Å². The summed E-state index contributed by atoms with van der Waals surface area (Å²) in [7, 11) is 0. The Morgan fingerprint density at radius 1 is 1.33 bits per heavy atom. The molecule has 2 atom stereocenters. The van der Waals surface area contributed by atoms with Crippen molar-refractivity contribution < 1.29 is 0 Å². The monoisotopic (exact) mass is 249 g/mol. The lowest BCUT2D eigenvalue weighted by Crippen LogP contribution is -2.38. The molecule has 1 saturated carbocycles. The van der Waals surface area contributed by atoms with Gasteiger partial charge in [0.25, 0.3) is 0 Å². The second-order valence-corrected chi connectivity index (χ2v) is 7.09. The summed E-state index contributed by atoms with van der Waals surface area (Å²) in [4.78, 5) is 0. The van der Waals surface area contributed by atoms with Gasteiger partial charge in [-0.1, -0.05) is 27.7 Å². The molecule has 1 heteroatoms. The van der Waals surface area contributed by atoms with Gasteiger partial charge in [0.2, 0.25) is 0 Å². The summed E-state index contributed by atoms with van der Waals surface area (Å²) in [6, 6.07) is 0.603. The predicted molar refractivity (Wildman–Crippen MR) is 80.4 cm³/mol. The number of hydrogen-bond acceptors (Lipinski definition) is 1. The van der Waals surface area contributed by atoms with E-state index in [-0.39, 0.29) is 0 Å². The van der Waals surface area contributed by atoms with Gasteiger partial charge in [0.1, 0.15) is 0 Å². The highest BCUT2D eigenvalue weighted by Crippen LogP contribution is 2.43. The molecule has 104 valence electrons. The van der Waals surface area contributed by atoms with Crippen LogP contribution in [0.2, 0.25) is 0 Å². The fraction of sp³-hybridized carbons (Fsp3) is 0.882. The smallest absolute Gasteiger partial charge is 0.00861 e. The van der Waals surface area contributed by atoms with Gasteiger partial charge in [-0.25, -0.2) is 0 Å². The highest BCUT2D eigenvalue weighted by molar-refractivity contribution is 4.88. The van der Waals surface area contributed by atoms with E-state index in [1.807, 2.05) is 0 Å².